The number of carbonyl (C=O) groups is 3. The first-order chi connectivity index (χ1) is 9.86. The number of hydrogen-bond donors (Lipinski definition) is 3. The Balaban J connectivity index is 4.99. The Morgan fingerprint density at radius 2 is 1.55 bits per heavy atom. The van der Waals surface area contributed by atoms with Gasteiger partial charge in [-0.05, 0) is 18.3 Å². The molecule has 0 saturated heterocycles. The van der Waals surface area contributed by atoms with Crippen molar-refractivity contribution in [2.24, 2.45) is 11.8 Å². The molecular weight excluding hydrogens is 305 g/mol. The Labute approximate surface area is 126 Å². The molecule has 0 rings (SSSR count). The quantitative estimate of drug-likeness (QED) is 0.657. The van der Waals surface area contributed by atoms with Crippen LogP contribution in [0.15, 0.2) is 0 Å². The van der Waals surface area contributed by atoms with E-state index in [9.17, 15) is 27.6 Å². The molecule has 6 nitrogen and oxygen atoms in total. The van der Waals surface area contributed by atoms with Crippen molar-refractivity contribution in [3.05, 3.63) is 0 Å². The monoisotopic (exact) mass is 326 g/mol. The van der Waals surface area contributed by atoms with Crippen LogP contribution in [0.3, 0.4) is 0 Å². The standard InChI is InChI=1S/C13H21F3N2O4/c1-6(2)5-8(11(20)21)17-10(19)9(7(3)4)18-12(22)13(14,15)16/h6-9H,5H2,1-4H3,(H,17,19)(H,18,22)(H,20,21)/t8?,9-/m0/s1. The van der Waals surface area contributed by atoms with Gasteiger partial charge in [0, 0.05) is 0 Å². The fraction of sp³-hybridized carbons (Fsp3) is 0.769. The number of halogens is 3. The maximum Gasteiger partial charge on any atom is 0.471 e. The van der Waals surface area contributed by atoms with Gasteiger partial charge in [-0.3, -0.25) is 9.59 Å². The Kier molecular flexibility index (Phi) is 7.34. The van der Waals surface area contributed by atoms with E-state index in [0.717, 1.165) is 0 Å². The molecule has 2 amide bonds. The summed E-state index contributed by atoms with van der Waals surface area (Å²) in [6, 6.07) is -2.69. The van der Waals surface area contributed by atoms with Gasteiger partial charge >= 0.3 is 18.1 Å². The van der Waals surface area contributed by atoms with Crippen LogP contribution in [0, 0.1) is 11.8 Å². The van der Waals surface area contributed by atoms with Crippen LogP contribution in [0.5, 0.6) is 0 Å². The van der Waals surface area contributed by atoms with Crippen LogP contribution < -0.4 is 10.6 Å². The lowest BCUT2D eigenvalue weighted by molar-refractivity contribution is -0.175. The van der Waals surface area contributed by atoms with Gasteiger partial charge in [0.2, 0.25) is 5.91 Å². The van der Waals surface area contributed by atoms with Crippen molar-refractivity contribution in [1.29, 1.82) is 0 Å². The molecule has 0 aliphatic rings. The number of alkyl halides is 3. The molecule has 0 radical (unpaired) electrons. The molecule has 2 atom stereocenters. The molecule has 9 heteroatoms. The zero-order chi connectivity index (χ0) is 17.7. The second kappa shape index (κ2) is 8.00. The highest BCUT2D eigenvalue weighted by molar-refractivity contribution is 5.92. The van der Waals surface area contributed by atoms with Crippen molar-refractivity contribution in [2.45, 2.75) is 52.4 Å². The van der Waals surface area contributed by atoms with E-state index in [2.05, 4.69) is 5.32 Å². The molecular formula is C13H21F3N2O4. The summed E-state index contributed by atoms with van der Waals surface area (Å²) < 4.78 is 36.8. The predicted octanol–water partition coefficient (Wildman–Crippen LogP) is 1.30. The van der Waals surface area contributed by atoms with E-state index in [-0.39, 0.29) is 12.3 Å². The van der Waals surface area contributed by atoms with E-state index < -0.39 is 42.0 Å². The largest absolute Gasteiger partial charge is 0.480 e. The van der Waals surface area contributed by atoms with Gasteiger partial charge in [0.15, 0.2) is 0 Å². The zero-order valence-corrected chi connectivity index (χ0v) is 12.8. The summed E-state index contributed by atoms with van der Waals surface area (Å²) in [6.07, 6.45) is -4.99. The molecule has 1 unspecified atom stereocenters. The van der Waals surface area contributed by atoms with Gasteiger partial charge < -0.3 is 15.7 Å². The molecule has 0 aromatic heterocycles. The average molecular weight is 326 g/mol. The van der Waals surface area contributed by atoms with Gasteiger partial charge in [0.05, 0.1) is 0 Å². The minimum absolute atomic E-state index is 0.0383. The third-order valence-corrected chi connectivity index (χ3v) is 2.81. The maximum absolute atomic E-state index is 12.3. The van der Waals surface area contributed by atoms with Crippen LogP contribution in [0.4, 0.5) is 13.2 Å². The molecule has 0 fully saturated rings. The summed E-state index contributed by atoms with van der Waals surface area (Å²) in [5.74, 6) is -5.16. The molecule has 0 aliphatic carbocycles. The summed E-state index contributed by atoms with van der Waals surface area (Å²) in [5.41, 5.74) is 0. The number of rotatable bonds is 7. The first-order valence-corrected chi connectivity index (χ1v) is 6.77. The van der Waals surface area contributed by atoms with Crippen LogP contribution in [-0.4, -0.2) is 41.2 Å². The minimum atomic E-state index is -5.11. The number of hydrogen-bond acceptors (Lipinski definition) is 3. The SMILES string of the molecule is CC(C)CC(NC(=O)[C@@H](NC(=O)C(F)(F)F)C(C)C)C(=O)O. The van der Waals surface area contributed by atoms with E-state index >= 15 is 0 Å². The van der Waals surface area contributed by atoms with Crippen LogP contribution in [0.2, 0.25) is 0 Å². The third-order valence-electron chi connectivity index (χ3n) is 2.81. The first kappa shape index (κ1) is 20.2. The highest BCUT2D eigenvalue weighted by atomic mass is 19.4. The summed E-state index contributed by atoms with van der Waals surface area (Å²) >= 11 is 0. The molecule has 0 aromatic carbocycles. The van der Waals surface area contributed by atoms with Gasteiger partial charge in [-0.25, -0.2) is 4.79 Å². The lowest BCUT2D eigenvalue weighted by Crippen LogP contribution is -2.56. The van der Waals surface area contributed by atoms with E-state index in [1.807, 2.05) is 0 Å². The Hall–Kier alpha value is -1.80. The Morgan fingerprint density at radius 3 is 1.86 bits per heavy atom. The lowest BCUT2D eigenvalue weighted by Gasteiger charge is -2.25. The van der Waals surface area contributed by atoms with Gasteiger partial charge in [-0.15, -0.1) is 0 Å². The highest BCUT2D eigenvalue weighted by Gasteiger charge is 2.41. The lowest BCUT2D eigenvalue weighted by atomic mass is 10.0. The van der Waals surface area contributed by atoms with Crippen molar-refractivity contribution < 1.29 is 32.7 Å². The number of carboxylic acid groups (broad SMARTS) is 1. The second-order valence-electron chi connectivity index (χ2n) is 5.72. The zero-order valence-electron chi connectivity index (χ0n) is 12.8. The molecule has 0 bridgehead atoms. The highest BCUT2D eigenvalue weighted by Crippen LogP contribution is 2.16. The molecule has 0 saturated carbocycles. The normalized spacial score (nSPS) is 14.6. The third kappa shape index (κ3) is 6.77. The Bertz CT molecular complexity index is 422. The van der Waals surface area contributed by atoms with Gasteiger partial charge in [-0.1, -0.05) is 27.7 Å². The summed E-state index contributed by atoms with van der Waals surface area (Å²) in [7, 11) is 0. The average Bonchev–Trinajstić information content (AvgIpc) is 2.32. The fourth-order valence-electron chi connectivity index (χ4n) is 1.71. The van der Waals surface area contributed by atoms with E-state index in [4.69, 9.17) is 5.11 Å². The summed E-state index contributed by atoms with van der Waals surface area (Å²) in [4.78, 5) is 34.0. The topological polar surface area (TPSA) is 95.5 Å². The van der Waals surface area contributed by atoms with Gasteiger partial charge in [0.1, 0.15) is 12.1 Å². The number of aliphatic carboxylic acids is 1. The molecule has 0 spiro atoms. The smallest absolute Gasteiger partial charge is 0.471 e. The van der Waals surface area contributed by atoms with Gasteiger partial charge in [0.25, 0.3) is 0 Å². The van der Waals surface area contributed by atoms with E-state index in [1.165, 1.54) is 13.8 Å². The molecule has 0 aromatic rings. The molecule has 0 heterocycles. The van der Waals surface area contributed by atoms with Crippen LogP contribution >= 0.6 is 0 Å². The summed E-state index contributed by atoms with van der Waals surface area (Å²) in [5, 5.41) is 12.8. The van der Waals surface area contributed by atoms with Crippen molar-refractivity contribution in [3.63, 3.8) is 0 Å². The van der Waals surface area contributed by atoms with E-state index in [1.54, 1.807) is 19.2 Å². The van der Waals surface area contributed by atoms with Crippen molar-refractivity contribution in [2.75, 3.05) is 0 Å². The molecule has 3 N–H and O–H groups in total. The number of carboxylic acids is 1. The number of nitrogens with one attached hydrogen (secondary N) is 2. The molecule has 128 valence electrons. The predicted molar refractivity (Wildman–Crippen MR) is 71.8 cm³/mol. The first-order valence-electron chi connectivity index (χ1n) is 6.77. The number of amides is 2. The van der Waals surface area contributed by atoms with Crippen LogP contribution in [0.1, 0.15) is 34.1 Å². The molecule has 22 heavy (non-hydrogen) atoms. The van der Waals surface area contributed by atoms with Crippen molar-refractivity contribution in [3.8, 4) is 0 Å². The van der Waals surface area contributed by atoms with Gasteiger partial charge in [-0.2, -0.15) is 13.2 Å². The number of carbonyl (C=O) groups excluding carboxylic acids is 2. The van der Waals surface area contributed by atoms with Crippen LogP contribution in [-0.2, 0) is 14.4 Å². The second-order valence-corrected chi connectivity index (χ2v) is 5.72. The summed E-state index contributed by atoms with van der Waals surface area (Å²) in [6.45, 7) is 6.37. The maximum atomic E-state index is 12.3. The van der Waals surface area contributed by atoms with E-state index in [0.29, 0.717) is 0 Å². The minimum Gasteiger partial charge on any atom is -0.480 e. The Morgan fingerprint density at radius 1 is 1.05 bits per heavy atom. The molecule has 0 aliphatic heterocycles. The fourth-order valence-corrected chi connectivity index (χ4v) is 1.71. The van der Waals surface area contributed by atoms with Crippen molar-refractivity contribution in [1.82, 2.24) is 10.6 Å². The van der Waals surface area contributed by atoms with Crippen molar-refractivity contribution >= 4 is 17.8 Å². The van der Waals surface area contributed by atoms with Crippen LogP contribution in [0.25, 0.3) is 0 Å².